The molecule has 0 saturated carbocycles. The minimum absolute atomic E-state index is 0.787. The predicted molar refractivity (Wildman–Crippen MR) is 110 cm³/mol. The van der Waals surface area contributed by atoms with Gasteiger partial charge in [0.05, 0.1) is 0 Å². The zero-order valence-corrected chi connectivity index (χ0v) is 15.3. The molecule has 26 heavy (non-hydrogen) atoms. The Hall–Kier alpha value is -2.96. The summed E-state index contributed by atoms with van der Waals surface area (Å²) in [4.78, 5) is 0. The van der Waals surface area contributed by atoms with Crippen LogP contribution in [0.1, 0.15) is 21.1 Å². The monoisotopic (exact) mass is 374 g/mol. The van der Waals surface area contributed by atoms with Crippen LogP contribution in [0.5, 0.6) is 0 Å². The summed E-state index contributed by atoms with van der Waals surface area (Å²) in [5.74, 6) is 0. The first-order chi connectivity index (χ1) is 12.9. The van der Waals surface area contributed by atoms with E-state index in [-0.39, 0.29) is 0 Å². The first kappa shape index (κ1) is 16.5. The van der Waals surface area contributed by atoms with Crippen molar-refractivity contribution in [2.45, 2.75) is 0 Å². The second-order valence-electron chi connectivity index (χ2n) is 5.38. The summed E-state index contributed by atoms with van der Waals surface area (Å²) in [7, 11) is 0. The fourth-order valence-corrected chi connectivity index (χ4v) is 3.74. The highest BCUT2D eigenvalue weighted by Crippen LogP contribution is 2.28. The highest BCUT2D eigenvalue weighted by atomic mass is 32.1. The first-order valence-electron chi connectivity index (χ1n) is 8.00. The minimum Gasteiger partial charge on any atom is -0.138 e. The van der Waals surface area contributed by atoms with E-state index in [0.29, 0.717) is 0 Å². The van der Waals surface area contributed by atoms with Crippen LogP contribution in [-0.2, 0) is 0 Å². The van der Waals surface area contributed by atoms with Gasteiger partial charge >= 0.3 is 0 Å². The van der Waals surface area contributed by atoms with Crippen molar-refractivity contribution in [1.82, 2.24) is 20.4 Å². The van der Waals surface area contributed by atoms with E-state index in [1.54, 1.807) is 0 Å². The Labute approximate surface area is 159 Å². The molecule has 0 amide bonds. The zero-order chi connectivity index (χ0) is 17.6. The second-order valence-corrected chi connectivity index (χ2v) is 7.40. The molecule has 4 aromatic rings. The Morgan fingerprint density at radius 3 is 1.35 bits per heavy atom. The molecule has 6 heteroatoms. The number of rotatable bonds is 5. The smallest absolute Gasteiger partial charge is 0.138 e. The lowest BCUT2D eigenvalue weighted by atomic mass is 10.2. The van der Waals surface area contributed by atoms with E-state index >= 15 is 0 Å². The van der Waals surface area contributed by atoms with E-state index in [2.05, 4.69) is 44.7 Å². The van der Waals surface area contributed by atoms with E-state index in [0.717, 1.165) is 31.2 Å². The normalized spacial score (nSPS) is 11.5. The van der Waals surface area contributed by atoms with Crippen LogP contribution in [0.15, 0.2) is 60.7 Å². The van der Waals surface area contributed by atoms with E-state index in [4.69, 9.17) is 0 Å². The molecule has 0 saturated heterocycles. The van der Waals surface area contributed by atoms with Gasteiger partial charge in [-0.2, -0.15) is 0 Å². The fourth-order valence-electron chi connectivity index (χ4n) is 2.24. The molecule has 4 rings (SSSR count). The van der Waals surface area contributed by atoms with Gasteiger partial charge < -0.3 is 0 Å². The van der Waals surface area contributed by atoms with Crippen molar-refractivity contribution in [3.8, 4) is 10.0 Å². The third kappa shape index (κ3) is 4.17. The van der Waals surface area contributed by atoms with E-state index in [1.807, 2.05) is 60.7 Å². The molecular formula is C20H14N4S2. The molecule has 2 aromatic heterocycles. The summed E-state index contributed by atoms with van der Waals surface area (Å²) < 4.78 is 0. The summed E-state index contributed by atoms with van der Waals surface area (Å²) in [5, 5.41) is 20.2. The third-order valence-corrected chi connectivity index (χ3v) is 5.42. The van der Waals surface area contributed by atoms with E-state index < -0.39 is 0 Å². The first-order valence-corrected chi connectivity index (χ1v) is 9.64. The van der Waals surface area contributed by atoms with Crippen molar-refractivity contribution < 1.29 is 0 Å². The van der Waals surface area contributed by atoms with Crippen molar-refractivity contribution in [2.24, 2.45) is 0 Å². The van der Waals surface area contributed by atoms with Gasteiger partial charge in [-0.1, -0.05) is 95.5 Å². The molecule has 0 aliphatic rings. The molecule has 0 radical (unpaired) electrons. The molecular weight excluding hydrogens is 360 g/mol. The molecule has 2 heterocycles. The summed E-state index contributed by atoms with van der Waals surface area (Å²) >= 11 is 3.02. The Bertz CT molecular complexity index is 948. The van der Waals surface area contributed by atoms with Crippen LogP contribution < -0.4 is 0 Å². The Kier molecular flexibility index (Phi) is 5.04. The van der Waals surface area contributed by atoms with Crippen LogP contribution in [0.25, 0.3) is 34.3 Å². The minimum atomic E-state index is 0.787. The van der Waals surface area contributed by atoms with Gasteiger partial charge in [-0.3, -0.25) is 0 Å². The maximum atomic E-state index is 4.23. The highest BCUT2D eigenvalue weighted by Gasteiger charge is 2.10. The number of nitrogens with zero attached hydrogens (tertiary/aromatic N) is 4. The Balaban J connectivity index is 1.47. The average molecular weight is 374 g/mol. The van der Waals surface area contributed by atoms with Crippen molar-refractivity contribution in [1.29, 1.82) is 0 Å². The molecule has 0 atom stereocenters. The van der Waals surface area contributed by atoms with E-state index in [9.17, 15) is 0 Å². The van der Waals surface area contributed by atoms with Gasteiger partial charge in [0.2, 0.25) is 0 Å². The van der Waals surface area contributed by atoms with Crippen molar-refractivity contribution >= 4 is 47.0 Å². The van der Waals surface area contributed by atoms with Crippen LogP contribution in [0.4, 0.5) is 0 Å². The van der Waals surface area contributed by atoms with Gasteiger partial charge in [-0.25, -0.2) is 0 Å². The third-order valence-electron chi connectivity index (χ3n) is 3.50. The maximum absolute atomic E-state index is 4.23. The van der Waals surface area contributed by atoms with Crippen LogP contribution in [0.3, 0.4) is 0 Å². The highest BCUT2D eigenvalue weighted by molar-refractivity contribution is 7.21. The summed E-state index contributed by atoms with van der Waals surface area (Å²) in [6.07, 6.45) is 7.98. The molecule has 0 fully saturated rings. The quantitative estimate of drug-likeness (QED) is 0.469. The summed E-state index contributed by atoms with van der Waals surface area (Å²) in [5.41, 5.74) is 2.27. The lowest BCUT2D eigenvalue weighted by Crippen LogP contribution is -1.75. The lowest BCUT2D eigenvalue weighted by Gasteiger charge is -1.89. The zero-order valence-electron chi connectivity index (χ0n) is 13.7. The molecule has 2 aromatic carbocycles. The van der Waals surface area contributed by atoms with Gasteiger partial charge in [0, 0.05) is 0 Å². The van der Waals surface area contributed by atoms with Crippen molar-refractivity contribution in [3.05, 3.63) is 81.8 Å². The topological polar surface area (TPSA) is 51.6 Å². The maximum Gasteiger partial charge on any atom is 0.178 e. The van der Waals surface area contributed by atoms with Crippen molar-refractivity contribution in [3.63, 3.8) is 0 Å². The van der Waals surface area contributed by atoms with Gasteiger partial charge in [0.15, 0.2) is 10.0 Å². The molecule has 0 spiro atoms. The molecule has 0 bridgehead atoms. The standard InChI is InChI=1S/C20H14N4S2/c1-3-7-15(8-4-1)11-13-17-21-23-19(25-17)20-24-22-18(26-20)14-12-16-9-5-2-6-10-16/h1-14H/b13-11+,14-12+. The second kappa shape index (κ2) is 7.95. The molecule has 126 valence electrons. The van der Waals surface area contributed by atoms with Gasteiger partial charge in [0.1, 0.15) is 10.0 Å². The Morgan fingerprint density at radius 1 is 0.500 bits per heavy atom. The Morgan fingerprint density at radius 2 is 0.923 bits per heavy atom. The largest absolute Gasteiger partial charge is 0.178 e. The van der Waals surface area contributed by atoms with Gasteiger partial charge in [-0.05, 0) is 23.3 Å². The number of aromatic nitrogens is 4. The number of hydrogen-bond acceptors (Lipinski definition) is 6. The fraction of sp³-hybridized carbons (Fsp3) is 0. The van der Waals surface area contributed by atoms with Gasteiger partial charge in [0.25, 0.3) is 0 Å². The predicted octanol–water partition coefficient (Wildman–Crippen LogP) is 5.40. The van der Waals surface area contributed by atoms with Crippen molar-refractivity contribution in [2.75, 3.05) is 0 Å². The molecule has 4 nitrogen and oxygen atoms in total. The summed E-state index contributed by atoms with van der Waals surface area (Å²) in [6, 6.07) is 20.2. The number of hydrogen-bond donors (Lipinski definition) is 0. The van der Waals surface area contributed by atoms with Crippen LogP contribution >= 0.6 is 22.7 Å². The number of benzene rings is 2. The molecule has 0 aliphatic heterocycles. The SMILES string of the molecule is C(=C\c1nnc(-c2nnc(/C=C/c3ccccc3)s2)s1)/c1ccccc1. The van der Waals surface area contributed by atoms with E-state index in [1.165, 1.54) is 22.7 Å². The van der Waals surface area contributed by atoms with Crippen LogP contribution in [-0.4, -0.2) is 20.4 Å². The lowest BCUT2D eigenvalue weighted by molar-refractivity contribution is 1.05. The molecule has 0 aliphatic carbocycles. The molecule has 0 unspecified atom stereocenters. The molecule has 0 N–H and O–H groups in total. The van der Waals surface area contributed by atoms with Crippen LogP contribution in [0.2, 0.25) is 0 Å². The summed E-state index contributed by atoms with van der Waals surface area (Å²) in [6.45, 7) is 0. The van der Waals surface area contributed by atoms with Gasteiger partial charge in [-0.15, -0.1) is 20.4 Å². The van der Waals surface area contributed by atoms with Crippen LogP contribution in [0, 0.1) is 0 Å². The average Bonchev–Trinajstić information content (AvgIpc) is 3.36.